The van der Waals surface area contributed by atoms with Gasteiger partial charge in [0, 0.05) is 0 Å². The molecule has 0 spiro atoms. The zero-order valence-electron chi connectivity index (χ0n) is 13.1. The Morgan fingerprint density at radius 3 is 2.29 bits per heavy atom. The van der Waals surface area contributed by atoms with Gasteiger partial charge in [0.05, 0.1) is 0 Å². The summed E-state index contributed by atoms with van der Waals surface area (Å²) < 4.78 is 26.1. The van der Waals surface area contributed by atoms with Gasteiger partial charge in [0.25, 0.3) is 0 Å². The van der Waals surface area contributed by atoms with Crippen LogP contribution in [0.3, 0.4) is 0 Å². The third-order valence-corrected chi connectivity index (χ3v) is 8.36. The molecular weight excluding hydrogens is 350 g/mol. The van der Waals surface area contributed by atoms with E-state index in [2.05, 4.69) is 25.1 Å². The summed E-state index contributed by atoms with van der Waals surface area (Å²) in [5, 5.41) is 0. The maximum atomic E-state index is 13.0. The molecule has 3 nitrogen and oxygen atoms in total. The van der Waals surface area contributed by atoms with E-state index in [1.807, 2.05) is 32.0 Å². The van der Waals surface area contributed by atoms with Crippen LogP contribution >= 0.6 is 7.60 Å². The van der Waals surface area contributed by atoms with E-state index in [1.165, 1.54) is 4.46 Å². The zero-order chi connectivity index (χ0) is 15.6. The van der Waals surface area contributed by atoms with Crippen molar-refractivity contribution in [3.8, 4) is 0 Å². The molecule has 1 aromatic rings. The van der Waals surface area contributed by atoms with Gasteiger partial charge in [-0.2, -0.15) is 0 Å². The van der Waals surface area contributed by atoms with E-state index in [-0.39, 0.29) is 15.0 Å². The van der Waals surface area contributed by atoms with Gasteiger partial charge in [0.1, 0.15) is 0 Å². The number of allylic oxidation sites excluding steroid dienone is 1. The van der Waals surface area contributed by atoms with E-state index >= 15 is 0 Å². The van der Waals surface area contributed by atoms with Crippen LogP contribution in [0.2, 0.25) is 0 Å². The Labute approximate surface area is 134 Å². The van der Waals surface area contributed by atoms with Gasteiger partial charge in [0.15, 0.2) is 0 Å². The summed E-state index contributed by atoms with van der Waals surface area (Å²) in [5.74, 6) is 0. The Hall–Kier alpha value is -0.371. The molecule has 0 saturated heterocycles. The van der Waals surface area contributed by atoms with Crippen molar-refractivity contribution in [1.82, 2.24) is 0 Å². The van der Waals surface area contributed by atoms with Crippen molar-refractivity contribution in [1.29, 1.82) is 0 Å². The van der Waals surface area contributed by atoms with Gasteiger partial charge in [0.2, 0.25) is 0 Å². The first-order chi connectivity index (χ1) is 10.2. The first-order valence-electron chi connectivity index (χ1n) is 7.49. The fraction of sp³-hybridized carbons (Fsp3) is 0.500. The standard InChI is InChI=1S/C16H25O3PSe/c1-4-7-9-14-16(20(17,18-5-2)19-6-3)21-15-12-10-8-11-13-15/h8,10-14H,4-7,9H2,1-3H3. The second-order valence-corrected chi connectivity index (χ2v) is 9.45. The first-order valence-corrected chi connectivity index (χ1v) is 10.7. The molecule has 0 aliphatic rings. The molecule has 0 fully saturated rings. The van der Waals surface area contributed by atoms with E-state index in [0.29, 0.717) is 13.2 Å². The van der Waals surface area contributed by atoms with E-state index < -0.39 is 7.60 Å². The summed E-state index contributed by atoms with van der Waals surface area (Å²) >= 11 is -0.0329. The van der Waals surface area contributed by atoms with Crippen LogP contribution in [0.25, 0.3) is 0 Å². The van der Waals surface area contributed by atoms with Crippen LogP contribution in [-0.4, -0.2) is 28.2 Å². The molecular formula is C16H25O3PSe. The molecule has 0 unspecified atom stereocenters. The third-order valence-electron chi connectivity index (χ3n) is 2.71. The number of rotatable bonds is 10. The van der Waals surface area contributed by atoms with Gasteiger partial charge in [-0.25, -0.2) is 0 Å². The summed E-state index contributed by atoms with van der Waals surface area (Å²) in [6.45, 7) is 6.65. The van der Waals surface area contributed by atoms with Crippen LogP contribution in [0.15, 0.2) is 40.6 Å². The molecule has 0 bridgehead atoms. The van der Waals surface area contributed by atoms with Gasteiger partial charge in [-0.15, -0.1) is 0 Å². The minimum absolute atomic E-state index is 0.0329. The molecule has 0 aliphatic carbocycles. The van der Waals surface area contributed by atoms with Crippen molar-refractivity contribution in [3.05, 3.63) is 40.6 Å². The van der Waals surface area contributed by atoms with Crippen molar-refractivity contribution in [2.75, 3.05) is 13.2 Å². The predicted molar refractivity (Wildman–Crippen MR) is 90.3 cm³/mol. The molecule has 0 N–H and O–H groups in total. The average Bonchev–Trinajstić information content (AvgIpc) is 2.48. The molecule has 1 rings (SSSR count). The Morgan fingerprint density at radius 1 is 1.14 bits per heavy atom. The molecule has 118 valence electrons. The second kappa shape index (κ2) is 10.4. The van der Waals surface area contributed by atoms with Crippen LogP contribution in [0.1, 0.15) is 40.0 Å². The SMILES string of the molecule is CCCCC=C([Se]c1ccccc1)P(=O)(OCC)OCC. The van der Waals surface area contributed by atoms with Crippen molar-refractivity contribution >= 4 is 27.0 Å². The topological polar surface area (TPSA) is 35.5 Å². The summed E-state index contributed by atoms with van der Waals surface area (Å²) in [5.41, 5.74) is 0. The number of benzene rings is 1. The molecule has 0 aliphatic heterocycles. The summed E-state index contributed by atoms with van der Waals surface area (Å²) in [7, 11) is -3.15. The van der Waals surface area contributed by atoms with E-state index in [4.69, 9.17) is 9.05 Å². The van der Waals surface area contributed by atoms with Gasteiger partial charge >= 0.3 is 134 Å². The Balaban J connectivity index is 2.99. The monoisotopic (exact) mass is 376 g/mol. The van der Waals surface area contributed by atoms with Crippen molar-refractivity contribution in [2.45, 2.75) is 40.0 Å². The van der Waals surface area contributed by atoms with E-state index in [0.717, 1.165) is 23.5 Å². The summed E-state index contributed by atoms with van der Waals surface area (Å²) in [4.78, 5) is 0. The van der Waals surface area contributed by atoms with Crippen molar-refractivity contribution in [3.63, 3.8) is 0 Å². The number of hydrogen-bond donors (Lipinski definition) is 0. The number of unbranched alkanes of at least 4 members (excludes halogenated alkanes) is 2. The quantitative estimate of drug-likeness (QED) is 0.347. The molecule has 0 atom stereocenters. The molecule has 1 aromatic carbocycles. The van der Waals surface area contributed by atoms with E-state index in [1.54, 1.807) is 0 Å². The van der Waals surface area contributed by atoms with Gasteiger partial charge < -0.3 is 0 Å². The molecule has 0 saturated carbocycles. The fourth-order valence-electron chi connectivity index (χ4n) is 1.75. The molecule has 0 heterocycles. The summed E-state index contributed by atoms with van der Waals surface area (Å²) in [6, 6.07) is 10.1. The molecule has 5 heteroatoms. The van der Waals surface area contributed by atoms with Crippen molar-refractivity contribution in [2.24, 2.45) is 0 Å². The van der Waals surface area contributed by atoms with Gasteiger partial charge in [-0.05, 0) is 0 Å². The van der Waals surface area contributed by atoms with E-state index in [9.17, 15) is 4.57 Å². The summed E-state index contributed by atoms with van der Waals surface area (Å²) in [6.07, 6.45) is 5.20. The molecule has 0 radical (unpaired) electrons. The average molecular weight is 375 g/mol. The Kier molecular flexibility index (Phi) is 9.22. The van der Waals surface area contributed by atoms with Crippen LogP contribution in [0.4, 0.5) is 0 Å². The van der Waals surface area contributed by atoms with Crippen LogP contribution in [-0.2, 0) is 13.6 Å². The number of hydrogen-bond acceptors (Lipinski definition) is 3. The van der Waals surface area contributed by atoms with Crippen LogP contribution in [0.5, 0.6) is 0 Å². The fourth-order valence-corrected chi connectivity index (χ4v) is 6.68. The maximum absolute atomic E-state index is 13.0. The van der Waals surface area contributed by atoms with Crippen LogP contribution in [0, 0.1) is 0 Å². The minimum atomic E-state index is -3.15. The normalized spacial score (nSPS) is 12.6. The molecule has 21 heavy (non-hydrogen) atoms. The molecule has 0 aromatic heterocycles. The third kappa shape index (κ3) is 6.50. The first kappa shape index (κ1) is 18.7. The predicted octanol–water partition coefficient (Wildman–Crippen LogP) is 4.31. The molecule has 0 amide bonds. The Bertz CT molecular complexity index is 464. The van der Waals surface area contributed by atoms with Crippen molar-refractivity contribution < 1.29 is 13.6 Å². The Morgan fingerprint density at radius 2 is 1.76 bits per heavy atom. The van der Waals surface area contributed by atoms with Gasteiger partial charge in [-0.1, -0.05) is 0 Å². The zero-order valence-corrected chi connectivity index (χ0v) is 15.7. The van der Waals surface area contributed by atoms with Gasteiger partial charge in [-0.3, -0.25) is 0 Å². The van der Waals surface area contributed by atoms with Crippen LogP contribution < -0.4 is 4.46 Å². The second-order valence-electron chi connectivity index (χ2n) is 4.43.